The molecule has 3 aliphatic heterocycles. The molecule has 6 rings (SSSR count). The molecule has 1 saturated heterocycles. The molecule has 0 saturated carbocycles. The molecule has 1 aromatic heterocycles. The van der Waals surface area contributed by atoms with E-state index in [1.165, 1.54) is 32.0 Å². The van der Waals surface area contributed by atoms with Crippen LogP contribution in [0.1, 0.15) is 77.1 Å². The van der Waals surface area contributed by atoms with Crippen LogP contribution in [0.25, 0.3) is 11.0 Å². The van der Waals surface area contributed by atoms with Crippen molar-refractivity contribution < 1.29 is 32.3 Å². The first-order valence-corrected chi connectivity index (χ1v) is 13.1. The van der Waals surface area contributed by atoms with E-state index in [1.807, 2.05) is 13.0 Å². The van der Waals surface area contributed by atoms with Crippen molar-refractivity contribution in [2.75, 3.05) is 20.1 Å². The second kappa shape index (κ2) is 9.03. The van der Waals surface area contributed by atoms with E-state index in [0.717, 1.165) is 4.90 Å². The first kappa shape index (κ1) is 22.8. The van der Waals surface area contributed by atoms with Gasteiger partial charge < -0.3 is 24.2 Å². The number of carbonyl (C=O) groups excluding carboxylic acids is 2. The Hall–Kier alpha value is -3.97. The molecule has 4 heterocycles. The third-order valence-corrected chi connectivity index (χ3v) is 7.94. The summed E-state index contributed by atoms with van der Waals surface area (Å²) in [7, 11) is 0. The van der Waals surface area contributed by atoms with Crippen molar-refractivity contribution in [1.82, 2.24) is 19.4 Å². The zero-order valence-electron chi connectivity index (χ0n) is 25.2. The van der Waals surface area contributed by atoms with Crippen LogP contribution in [0.15, 0.2) is 36.4 Å². The Labute approximate surface area is 234 Å². The van der Waals surface area contributed by atoms with E-state index in [4.69, 9.17) is 13.8 Å². The maximum absolute atomic E-state index is 13.6. The molecule has 2 aromatic carbocycles. The first-order chi connectivity index (χ1) is 20.1. The number of nitrogens with zero attached hydrogens (tertiary/aromatic N) is 4. The second-order valence-electron chi connectivity index (χ2n) is 11.4. The molecule has 40 heavy (non-hydrogen) atoms. The molecule has 3 aliphatic rings. The number of alkyl halides is 2. The second-order valence-corrected chi connectivity index (χ2v) is 11.4. The Bertz CT molecular complexity index is 1720. The van der Waals surface area contributed by atoms with Gasteiger partial charge in [0.25, 0.3) is 11.8 Å². The van der Waals surface area contributed by atoms with Gasteiger partial charge in [0.1, 0.15) is 17.2 Å². The summed E-state index contributed by atoms with van der Waals surface area (Å²) < 4.78 is 57.9. The number of likely N-dealkylation sites (tertiary alicyclic amines) is 1. The number of aliphatic hydroxyl groups is 1. The number of amides is 2. The summed E-state index contributed by atoms with van der Waals surface area (Å²) in [5, 5.41) is 10.1. The van der Waals surface area contributed by atoms with Crippen molar-refractivity contribution in [3.63, 3.8) is 0 Å². The number of hydrogen-bond donors (Lipinski definition) is 1. The molecule has 10 heteroatoms. The molecular formula is C30H30F2N4O4. The van der Waals surface area contributed by atoms with Crippen LogP contribution in [0.5, 0.6) is 5.75 Å². The van der Waals surface area contributed by atoms with E-state index in [2.05, 4.69) is 11.8 Å². The standard InChI is InChI=1S/C30H30F2N4O4/c1-29(2,39)27(38)35-13-12-30(3,16-35)11-10-17-8-9-19-20(14-17)36-21-15-22(25(36)33-19)34(4)26(37)18-6-5-7-23(24(18)21)40-28(31)32/h5-9,14,21-22,28,39H,12-13,15-16H2,1-4H3/t21-,22-,30?/m1/s1/i4D3. The fourth-order valence-corrected chi connectivity index (χ4v) is 6.03. The summed E-state index contributed by atoms with van der Waals surface area (Å²) >= 11 is 0. The van der Waals surface area contributed by atoms with Gasteiger partial charge in [-0.1, -0.05) is 17.9 Å². The molecule has 0 radical (unpaired) electrons. The Kier molecular flexibility index (Phi) is 5.15. The molecule has 0 spiro atoms. The number of benzene rings is 2. The van der Waals surface area contributed by atoms with E-state index in [9.17, 15) is 23.5 Å². The van der Waals surface area contributed by atoms with Gasteiger partial charge in [-0.2, -0.15) is 8.78 Å². The van der Waals surface area contributed by atoms with Gasteiger partial charge in [0.2, 0.25) is 0 Å². The van der Waals surface area contributed by atoms with Gasteiger partial charge >= 0.3 is 6.61 Å². The lowest BCUT2D eigenvalue weighted by Gasteiger charge is -2.25. The van der Waals surface area contributed by atoms with Crippen molar-refractivity contribution in [2.45, 2.75) is 57.9 Å². The van der Waals surface area contributed by atoms with Crippen molar-refractivity contribution in [1.29, 1.82) is 0 Å². The van der Waals surface area contributed by atoms with Crippen molar-refractivity contribution >= 4 is 22.8 Å². The third kappa shape index (κ3) is 4.20. The fraction of sp³-hybridized carbons (Fsp3) is 0.433. The number of hydrogen-bond acceptors (Lipinski definition) is 5. The molecule has 3 atom stereocenters. The Morgan fingerprint density at radius 3 is 2.83 bits per heavy atom. The summed E-state index contributed by atoms with van der Waals surface area (Å²) in [6, 6.07) is 7.91. The Morgan fingerprint density at radius 1 is 1.30 bits per heavy atom. The van der Waals surface area contributed by atoms with Crippen molar-refractivity contribution in [3.8, 4) is 17.6 Å². The molecular weight excluding hydrogens is 518 g/mol. The average molecular weight is 552 g/mol. The van der Waals surface area contributed by atoms with Crippen LogP contribution in [0.3, 0.4) is 0 Å². The highest BCUT2D eigenvalue weighted by Crippen LogP contribution is 2.50. The predicted octanol–water partition coefficient (Wildman–Crippen LogP) is 4.12. The van der Waals surface area contributed by atoms with Gasteiger partial charge in [-0.25, -0.2) is 4.98 Å². The summed E-state index contributed by atoms with van der Waals surface area (Å²) in [6.07, 6.45) is 0.761. The van der Waals surface area contributed by atoms with Gasteiger partial charge in [0.15, 0.2) is 0 Å². The van der Waals surface area contributed by atoms with Crippen LogP contribution in [-0.4, -0.2) is 68.5 Å². The molecule has 0 aliphatic carbocycles. The van der Waals surface area contributed by atoms with E-state index in [1.54, 1.807) is 21.6 Å². The number of carbonyl (C=O) groups is 2. The number of rotatable bonds is 3. The van der Waals surface area contributed by atoms with Gasteiger partial charge in [0, 0.05) is 52.7 Å². The van der Waals surface area contributed by atoms with Crippen LogP contribution in [0.2, 0.25) is 0 Å². The van der Waals surface area contributed by atoms with Gasteiger partial charge in [-0.3, -0.25) is 9.59 Å². The molecule has 208 valence electrons. The van der Waals surface area contributed by atoms with Crippen LogP contribution in [-0.2, 0) is 4.79 Å². The Morgan fingerprint density at radius 2 is 2.10 bits per heavy atom. The van der Waals surface area contributed by atoms with Crippen LogP contribution >= 0.6 is 0 Å². The van der Waals surface area contributed by atoms with E-state index in [-0.39, 0.29) is 29.2 Å². The van der Waals surface area contributed by atoms with Gasteiger partial charge in [0.05, 0.1) is 23.1 Å². The zero-order valence-corrected chi connectivity index (χ0v) is 22.2. The highest BCUT2D eigenvalue weighted by atomic mass is 19.3. The minimum Gasteiger partial charge on any atom is -0.434 e. The Balaban J connectivity index is 1.44. The average Bonchev–Trinajstić information content (AvgIpc) is 3.55. The number of fused-ring (bicyclic) bond motifs is 9. The molecule has 1 fully saturated rings. The lowest BCUT2D eigenvalue weighted by Crippen LogP contribution is -2.44. The predicted molar refractivity (Wildman–Crippen MR) is 143 cm³/mol. The van der Waals surface area contributed by atoms with Crippen molar-refractivity contribution in [3.05, 3.63) is 58.9 Å². The quantitative estimate of drug-likeness (QED) is 0.495. The minimum atomic E-state index is -3.15. The number of imidazole rings is 1. The smallest absolute Gasteiger partial charge is 0.387 e. The molecule has 8 nitrogen and oxygen atoms in total. The number of halogens is 2. The third-order valence-electron chi connectivity index (χ3n) is 7.94. The molecule has 3 aromatic rings. The van der Waals surface area contributed by atoms with Crippen molar-refractivity contribution in [2.24, 2.45) is 5.41 Å². The number of ether oxygens (including phenoxy) is 1. The fourth-order valence-electron chi connectivity index (χ4n) is 6.03. The van der Waals surface area contributed by atoms with Gasteiger partial charge in [-0.15, -0.1) is 0 Å². The molecule has 1 N–H and O–H groups in total. The highest BCUT2D eigenvalue weighted by molar-refractivity contribution is 5.98. The van der Waals surface area contributed by atoms with Crippen LogP contribution in [0.4, 0.5) is 8.78 Å². The van der Waals surface area contributed by atoms with E-state index >= 15 is 0 Å². The highest BCUT2D eigenvalue weighted by Gasteiger charge is 2.45. The molecule has 2 bridgehead atoms. The summed E-state index contributed by atoms with van der Waals surface area (Å²) in [4.78, 5) is 33.3. The molecule has 1 unspecified atom stereocenters. The monoisotopic (exact) mass is 551 g/mol. The lowest BCUT2D eigenvalue weighted by molar-refractivity contribution is -0.146. The summed E-state index contributed by atoms with van der Waals surface area (Å²) in [6.45, 7) is -0.224. The van der Waals surface area contributed by atoms with Gasteiger partial charge in [-0.05, 0) is 57.5 Å². The van der Waals surface area contributed by atoms with Crippen LogP contribution < -0.4 is 4.74 Å². The summed E-state index contributed by atoms with van der Waals surface area (Å²) in [5.74, 6) is 5.48. The minimum absolute atomic E-state index is 0.00969. The maximum atomic E-state index is 13.6. The lowest BCUT2D eigenvalue weighted by atomic mass is 9.90. The van der Waals surface area contributed by atoms with Crippen LogP contribution in [0, 0.1) is 17.3 Å². The SMILES string of the molecule is [2H]C([2H])([2H])N1C(=O)c2cccc(OC(F)F)c2[C@H]2C[C@@H]1c1nc3ccc(C#CC4(C)CCN(C(=O)C(C)(C)O)C4)cc3n12. The van der Waals surface area contributed by atoms with E-state index < -0.39 is 42.6 Å². The molecule has 2 amide bonds. The maximum Gasteiger partial charge on any atom is 0.387 e. The normalized spacial score (nSPS) is 25.1. The topological polar surface area (TPSA) is 87.9 Å². The van der Waals surface area contributed by atoms with E-state index in [0.29, 0.717) is 41.9 Å². The number of aromatic nitrogens is 2. The largest absolute Gasteiger partial charge is 0.434 e. The first-order valence-electron chi connectivity index (χ1n) is 14.6. The summed E-state index contributed by atoms with van der Waals surface area (Å²) in [5.41, 5.74) is 0.00908. The zero-order chi connectivity index (χ0) is 31.1.